The van der Waals surface area contributed by atoms with Crippen molar-refractivity contribution in [1.29, 1.82) is 0 Å². The molecule has 0 aliphatic rings. The summed E-state index contributed by atoms with van der Waals surface area (Å²) in [6, 6.07) is 5.71. The van der Waals surface area contributed by atoms with Crippen LogP contribution in [-0.2, 0) is 5.41 Å². The number of benzene rings is 1. The van der Waals surface area contributed by atoms with E-state index in [0.717, 1.165) is 35.2 Å². The molecule has 0 saturated carbocycles. The van der Waals surface area contributed by atoms with Crippen LogP contribution in [0.2, 0.25) is 10.0 Å². The molecule has 0 atom stereocenters. The zero-order valence-corrected chi connectivity index (χ0v) is 13.9. The number of hydrogen-bond donors (Lipinski definition) is 1. The molecule has 0 amide bonds. The van der Waals surface area contributed by atoms with Crippen LogP contribution in [0.3, 0.4) is 0 Å². The van der Waals surface area contributed by atoms with Crippen LogP contribution in [0.25, 0.3) is 10.9 Å². The first-order chi connectivity index (χ1) is 9.34. The van der Waals surface area contributed by atoms with Crippen molar-refractivity contribution >= 4 is 39.8 Å². The van der Waals surface area contributed by atoms with Crippen molar-refractivity contribution in [1.82, 2.24) is 4.98 Å². The summed E-state index contributed by atoms with van der Waals surface area (Å²) in [6.45, 7) is 9.46. The van der Waals surface area contributed by atoms with Crippen LogP contribution < -0.4 is 5.32 Å². The van der Waals surface area contributed by atoms with Gasteiger partial charge in [-0.3, -0.25) is 4.98 Å². The maximum Gasteiger partial charge on any atom is 0.0927 e. The lowest BCUT2D eigenvalue weighted by atomic mass is 9.90. The van der Waals surface area contributed by atoms with Gasteiger partial charge in [0.15, 0.2) is 0 Å². The van der Waals surface area contributed by atoms with E-state index in [1.165, 1.54) is 0 Å². The maximum atomic E-state index is 6.34. The molecular formula is C16H20Cl2N2. The standard InChI is InChI=1S/C16H20Cl2N2/c1-5-8-19-12-9-13(16(2,3)4)20-15-11(18)7-6-10(17)14(12)15/h6-7,9H,5,8H2,1-4H3,(H,19,20). The van der Waals surface area contributed by atoms with Crippen molar-refractivity contribution in [3.63, 3.8) is 0 Å². The molecule has 108 valence electrons. The predicted octanol–water partition coefficient (Wildman–Crippen LogP) is 5.66. The Morgan fingerprint density at radius 1 is 1.15 bits per heavy atom. The quantitative estimate of drug-likeness (QED) is 0.791. The summed E-state index contributed by atoms with van der Waals surface area (Å²) in [6.07, 6.45) is 1.05. The third-order valence-corrected chi connectivity index (χ3v) is 3.81. The Hall–Kier alpha value is -0.990. The van der Waals surface area contributed by atoms with Crippen LogP contribution in [0.15, 0.2) is 18.2 Å². The minimum atomic E-state index is -0.0392. The second-order valence-electron chi connectivity index (χ2n) is 5.98. The minimum absolute atomic E-state index is 0.0392. The number of fused-ring (bicyclic) bond motifs is 1. The van der Waals surface area contributed by atoms with Gasteiger partial charge in [-0.15, -0.1) is 0 Å². The van der Waals surface area contributed by atoms with Gasteiger partial charge in [-0.05, 0) is 24.6 Å². The number of rotatable bonds is 3. The number of nitrogens with zero attached hydrogens (tertiary/aromatic N) is 1. The van der Waals surface area contributed by atoms with Crippen LogP contribution in [0.1, 0.15) is 39.8 Å². The highest BCUT2D eigenvalue weighted by Crippen LogP contribution is 2.36. The van der Waals surface area contributed by atoms with E-state index in [0.29, 0.717) is 10.0 Å². The zero-order valence-electron chi connectivity index (χ0n) is 12.3. The number of nitrogens with one attached hydrogen (secondary N) is 1. The fourth-order valence-electron chi connectivity index (χ4n) is 2.05. The minimum Gasteiger partial charge on any atom is -0.384 e. The van der Waals surface area contributed by atoms with Gasteiger partial charge in [0, 0.05) is 28.7 Å². The summed E-state index contributed by atoms with van der Waals surface area (Å²) < 4.78 is 0. The summed E-state index contributed by atoms with van der Waals surface area (Å²) in [5.41, 5.74) is 2.75. The summed E-state index contributed by atoms with van der Waals surface area (Å²) in [5.74, 6) is 0. The van der Waals surface area contributed by atoms with E-state index in [9.17, 15) is 0 Å². The number of hydrogen-bond acceptors (Lipinski definition) is 2. The molecule has 0 saturated heterocycles. The van der Waals surface area contributed by atoms with Crippen LogP contribution >= 0.6 is 23.2 Å². The summed E-state index contributed by atoms with van der Waals surface area (Å²) in [7, 11) is 0. The Balaban J connectivity index is 2.74. The van der Waals surface area contributed by atoms with E-state index in [1.54, 1.807) is 6.07 Å². The van der Waals surface area contributed by atoms with Gasteiger partial charge in [0.25, 0.3) is 0 Å². The molecule has 0 radical (unpaired) electrons. The molecule has 1 aromatic carbocycles. The van der Waals surface area contributed by atoms with E-state index in [4.69, 9.17) is 28.2 Å². The molecule has 4 heteroatoms. The van der Waals surface area contributed by atoms with E-state index in [2.05, 4.69) is 39.1 Å². The largest absolute Gasteiger partial charge is 0.384 e. The van der Waals surface area contributed by atoms with Crippen LogP contribution in [0, 0.1) is 0 Å². The fourth-order valence-corrected chi connectivity index (χ4v) is 2.51. The normalized spacial score (nSPS) is 11.9. The second-order valence-corrected chi connectivity index (χ2v) is 6.80. The van der Waals surface area contributed by atoms with Crippen molar-refractivity contribution in [2.45, 2.75) is 39.5 Å². The van der Waals surface area contributed by atoms with Crippen molar-refractivity contribution < 1.29 is 0 Å². The van der Waals surface area contributed by atoms with Gasteiger partial charge >= 0.3 is 0 Å². The lowest BCUT2D eigenvalue weighted by Gasteiger charge is -2.21. The van der Waals surface area contributed by atoms with Crippen LogP contribution in [-0.4, -0.2) is 11.5 Å². The molecular weight excluding hydrogens is 291 g/mol. The number of anilines is 1. The smallest absolute Gasteiger partial charge is 0.0927 e. The Morgan fingerprint density at radius 2 is 1.80 bits per heavy atom. The molecule has 2 rings (SSSR count). The summed E-state index contributed by atoms with van der Waals surface area (Å²) in [4.78, 5) is 4.72. The average Bonchev–Trinajstić information content (AvgIpc) is 2.39. The second kappa shape index (κ2) is 5.79. The van der Waals surface area contributed by atoms with Crippen molar-refractivity contribution in [3.8, 4) is 0 Å². The zero-order chi connectivity index (χ0) is 14.9. The first-order valence-electron chi connectivity index (χ1n) is 6.87. The van der Waals surface area contributed by atoms with Crippen LogP contribution in [0.5, 0.6) is 0 Å². The fraction of sp³-hybridized carbons (Fsp3) is 0.438. The molecule has 1 heterocycles. The number of pyridine rings is 1. The van der Waals surface area contributed by atoms with Crippen LogP contribution in [0.4, 0.5) is 5.69 Å². The van der Waals surface area contributed by atoms with Gasteiger partial charge < -0.3 is 5.32 Å². The maximum absolute atomic E-state index is 6.34. The Bertz CT molecular complexity index is 630. The molecule has 1 aromatic heterocycles. The molecule has 20 heavy (non-hydrogen) atoms. The van der Waals surface area contributed by atoms with E-state index >= 15 is 0 Å². The first kappa shape index (κ1) is 15.4. The molecule has 0 aliphatic carbocycles. The van der Waals surface area contributed by atoms with Crippen molar-refractivity contribution in [2.75, 3.05) is 11.9 Å². The highest BCUT2D eigenvalue weighted by Gasteiger charge is 2.20. The van der Waals surface area contributed by atoms with Gasteiger partial charge in [0.05, 0.1) is 15.6 Å². The van der Waals surface area contributed by atoms with E-state index < -0.39 is 0 Å². The van der Waals surface area contributed by atoms with E-state index in [-0.39, 0.29) is 5.41 Å². The lowest BCUT2D eigenvalue weighted by molar-refractivity contribution is 0.572. The third-order valence-electron chi connectivity index (χ3n) is 3.19. The summed E-state index contributed by atoms with van der Waals surface area (Å²) in [5, 5.41) is 5.65. The number of halogens is 2. The lowest BCUT2D eigenvalue weighted by Crippen LogP contribution is -2.15. The summed E-state index contributed by atoms with van der Waals surface area (Å²) >= 11 is 12.6. The van der Waals surface area contributed by atoms with Crippen molar-refractivity contribution in [2.24, 2.45) is 0 Å². The molecule has 0 bridgehead atoms. The van der Waals surface area contributed by atoms with E-state index in [1.807, 2.05) is 6.07 Å². The molecule has 0 aliphatic heterocycles. The Kier molecular flexibility index (Phi) is 4.46. The predicted molar refractivity (Wildman–Crippen MR) is 89.2 cm³/mol. The third kappa shape index (κ3) is 3.02. The Labute approximate surface area is 130 Å². The van der Waals surface area contributed by atoms with Gasteiger partial charge in [0.2, 0.25) is 0 Å². The first-order valence-corrected chi connectivity index (χ1v) is 7.63. The molecule has 0 spiro atoms. The van der Waals surface area contributed by atoms with Gasteiger partial charge in [-0.2, -0.15) is 0 Å². The highest BCUT2D eigenvalue weighted by molar-refractivity contribution is 6.40. The number of aromatic nitrogens is 1. The van der Waals surface area contributed by atoms with Gasteiger partial charge in [-0.25, -0.2) is 0 Å². The molecule has 2 aromatic rings. The molecule has 0 unspecified atom stereocenters. The highest BCUT2D eigenvalue weighted by atomic mass is 35.5. The Morgan fingerprint density at radius 3 is 2.40 bits per heavy atom. The molecule has 1 N–H and O–H groups in total. The van der Waals surface area contributed by atoms with Gasteiger partial charge in [-0.1, -0.05) is 50.9 Å². The van der Waals surface area contributed by atoms with Crippen molar-refractivity contribution in [3.05, 3.63) is 33.9 Å². The monoisotopic (exact) mass is 310 g/mol. The van der Waals surface area contributed by atoms with Gasteiger partial charge in [0.1, 0.15) is 0 Å². The molecule has 2 nitrogen and oxygen atoms in total. The SMILES string of the molecule is CCCNc1cc(C(C)(C)C)nc2c(Cl)ccc(Cl)c12. The average molecular weight is 311 g/mol. The molecule has 0 fully saturated rings. The topological polar surface area (TPSA) is 24.9 Å².